The van der Waals surface area contributed by atoms with Gasteiger partial charge < -0.3 is 9.13 Å². The van der Waals surface area contributed by atoms with Crippen LogP contribution in [0.15, 0.2) is 158 Å². The van der Waals surface area contributed by atoms with Crippen LogP contribution in [0.5, 0.6) is 0 Å². The van der Waals surface area contributed by atoms with E-state index in [1.807, 2.05) is 18.3 Å². The van der Waals surface area contributed by atoms with Crippen LogP contribution in [0, 0.1) is 0 Å². The van der Waals surface area contributed by atoms with E-state index in [1.165, 1.54) is 21.8 Å². The van der Waals surface area contributed by atoms with Crippen LogP contribution in [0.3, 0.4) is 0 Å². The van der Waals surface area contributed by atoms with Crippen LogP contribution >= 0.6 is 0 Å². The summed E-state index contributed by atoms with van der Waals surface area (Å²) in [5, 5.41) is 3.61. The molecular weight excluding hydrogens is 500 g/mol. The predicted octanol–water partition coefficient (Wildman–Crippen LogP) is 9.59. The van der Waals surface area contributed by atoms with E-state index in [2.05, 4.69) is 154 Å². The molecule has 0 aliphatic heterocycles. The topological polar surface area (TPSA) is 26.0 Å². The van der Waals surface area contributed by atoms with Gasteiger partial charge in [0.05, 0.1) is 22.2 Å². The van der Waals surface area contributed by atoms with E-state index in [0.29, 0.717) is 0 Å². The van der Waals surface area contributed by atoms with Crippen molar-refractivity contribution < 1.29 is 0 Å². The molecule has 0 N–H and O–H groups in total. The average Bonchev–Trinajstić information content (AvgIpc) is 3.59. The highest BCUT2D eigenvalue weighted by Gasteiger charge is 2.23. The first-order valence-corrected chi connectivity index (χ1v) is 13.8. The molecule has 0 spiro atoms. The van der Waals surface area contributed by atoms with Gasteiger partial charge in [0, 0.05) is 45.6 Å². The van der Waals surface area contributed by atoms with Crippen LogP contribution in [0.4, 0.5) is 17.2 Å². The highest BCUT2D eigenvalue weighted by molar-refractivity contribution is 6.11. The summed E-state index contributed by atoms with van der Waals surface area (Å²) in [6.07, 6.45) is 4.20. The Morgan fingerprint density at radius 1 is 0.488 bits per heavy atom. The Hall–Kier alpha value is -5.61. The number of anilines is 3. The Kier molecular flexibility index (Phi) is 5.42. The molecule has 4 nitrogen and oxygen atoms in total. The van der Waals surface area contributed by atoms with Gasteiger partial charge in [0.15, 0.2) is 5.82 Å². The standard InChI is InChI=1S/C37H26N4/c1-4-14-27(15-5-1)39-26-35(41-33-22-12-10-20-30(33)31-21-11-13-23-34(31)41)32-24-25-38-37(36(32)39)40(28-16-6-2-7-17-28)29-18-8-3-9-19-29/h1-26H. The van der Waals surface area contributed by atoms with Crippen molar-refractivity contribution in [2.45, 2.75) is 0 Å². The monoisotopic (exact) mass is 526 g/mol. The van der Waals surface area contributed by atoms with Gasteiger partial charge in [-0.25, -0.2) is 4.98 Å². The van der Waals surface area contributed by atoms with Crippen molar-refractivity contribution in [2.75, 3.05) is 4.90 Å². The Morgan fingerprint density at radius 2 is 1.00 bits per heavy atom. The summed E-state index contributed by atoms with van der Waals surface area (Å²) in [6, 6.07) is 50.9. The zero-order valence-electron chi connectivity index (χ0n) is 22.3. The zero-order chi connectivity index (χ0) is 27.2. The maximum atomic E-state index is 5.06. The normalized spacial score (nSPS) is 11.4. The number of para-hydroxylation sites is 5. The molecule has 0 aliphatic carbocycles. The number of benzene rings is 5. The molecule has 0 amide bonds. The van der Waals surface area contributed by atoms with Crippen molar-refractivity contribution in [2.24, 2.45) is 0 Å². The quantitative estimate of drug-likeness (QED) is 0.223. The molecule has 0 bridgehead atoms. The SMILES string of the molecule is c1ccc(N(c2ccccc2)c2nccc3c(-n4c5ccccc5c5ccccc54)cn(-c4ccccc4)c23)cc1. The maximum absolute atomic E-state index is 5.06. The summed E-state index contributed by atoms with van der Waals surface area (Å²) in [5.74, 6) is 0.871. The molecule has 41 heavy (non-hydrogen) atoms. The molecule has 4 heteroatoms. The Labute approximate surface area is 238 Å². The number of pyridine rings is 1. The second-order valence-electron chi connectivity index (χ2n) is 10.1. The van der Waals surface area contributed by atoms with Crippen LogP contribution < -0.4 is 4.90 Å². The average molecular weight is 527 g/mol. The summed E-state index contributed by atoms with van der Waals surface area (Å²) in [5.41, 5.74) is 7.72. The molecule has 0 radical (unpaired) electrons. The van der Waals surface area contributed by atoms with Crippen molar-refractivity contribution >= 4 is 49.9 Å². The van der Waals surface area contributed by atoms with E-state index in [0.717, 1.165) is 39.5 Å². The number of rotatable bonds is 5. The molecule has 194 valence electrons. The minimum atomic E-state index is 0.871. The van der Waals surface area contributed by atoms with E-state index in [9.17, 15) is 0 Å². The van der Waals surface area contributed by atoms with Gasteiger partial charge >= 0.3 is 0 Å². The van der Waals surface area contributed by atoms with Gasteiger partial charge in [-0.3, -0.25) is 4.90 Å². The third-order valence-electron chi connectivity index (χ3n) is 7.77. The van der Waals surface area contributed by atoms with Crippen LogP contribution in [0.25, 0.3) is 44.1 Å². The fourth-order valence-electron chi connectivity index (χ4n) is 6.01. The molecular formula is C37H26N4. The number of aromatic nitrogens is 3. The smallest absolute Gasteiger partial charge is 0.162 e. The van der Waals surface area contributed by atoms with Gasteiger partial charge in [0.25, 0.3) is 0 Å². The van der Waals surface area contributed by atoms with Crippen molar-refractivity contribution in [3.8, 4) is 11.4 Å². The fourth-order valence-corrected chi connectivity index (χ4v) is 6.01. The molecule has 8 rings (SSSR count). The lowest BCUT2D eigenvalue weighted by atomic mass is 10.2. The highest BCUT2D eigenvalue weighted by Crippen LogP contribution is 2.42. The first-order chi connectivity index (χ1) is 20.4. The van der Waals surface area contributed by atoms with Gasteiger partial charge in [-0.15, -0.1) is 0 Å². The van der Waals surface area contributed by atoms with Crippen molar-refractivity contribution in [3.05, 3.63) is 158 Å². The van der Waals surface area contributed by atoms with Gasteiger partial charge in [-0.2, -0.15) is 0 Å². The van der Waals surface area contributed by atoms with Crippen LogP contribution in [-0.4, -0.2) is 14.1 Å². The van der Waals surface area contributed by atoms with Crippen LogP contribution in [0.1, 0.15) is 0 Å². The van der Waals surface area contributed by atoms with E-state index in [-0.39, 0.29) is 0 Å². The molecule has 3 aromatic heterocycles. The Bertz CT molecular complexity index is 2050. The minimum Gasteiger partial charge on any atom is -0.311 e. The molecule has 5 aromatic carbocycles. The molecule has 0 saturated heterocycles. The van der Waals surface area contributed by atoms with Gasteiger partial charge in [-0.05, 0) is 54.6 Å². The van der Waals surface area contributed by atoms with E-state index >= 15 is 0 Å². The largest absolute Gasteiger partial charge is 0.311 e. The number of nitrogens with zero attached hydrogens (tertiary/aromatic N) is 4. The lowest BCUT2D eigenvalue weighted by Crippen LogP contribution is -2.13. The number of hydrogen-bond donors (Lipinski definition) is 0. The third-order valence-corrected chi connectivity index (χ3v) is 7.77. The van der Waals surface area contributed by atoms with Crippen LogP contribution in [0.2, 0.25) is 0 Å². The summed E-state index contributed by atoms with van der Waals surface area (Å²) in [6.45, 7) is 0. The first-order valence-electron chi connectivity index (χ1n) is 13.8. The predicted molar refractivity (Wildman–Crippen MR) is 170 cm³/mol. The molecule has 0 atom stereocenters. The summed E-state index contributed by atoms with van der Waals surface area (Å²) >= 11 is 0. The molecule has 0 fully saturated rings. The summed E-state index contributed by atoms with van der Waals surface area (Å²) in [7, 11) is 0. The van der Waals surface area contributed by atoms with Crippen molar-refractivity contribution in [1.82, 2.24) is 14.1 Å². The zero-order valence-corrected chi connectivity index (χ0v) is 22.3. The second-order valence-corrected chi connectivity index (χ2v) is 10.1. The minimum absolute atomic E-state index is 0.871. The van der Waals surface area contributed by atoms with Crippen molar-refractivity contribution in [3.63, 3.8) is 0 Å². The molecule has 0 unspecified atom stereocenters. The second kappa shape index (κ2) is 9.54. The lowest BCUT2D eigenvalue weighted by molar-refractivity contribution is 1.08. The molecule has 3 heterocycles. The van der Waals surface area contributed by atoms with Gasteiger partial charge in [-0.1, -0.05) is 91.0 Å². The fraction of sp³-hybridized carbons (Fsp3) is 0. The molecule has 0 saturated carbocycles. The molecule has 0 aliphatic rings. The van der Waals surface area contributed by atoms with Crippen LogP contribution in [-0.2, 0) is 0 Å². The van der Waals surface area contributed by atoms with Gasteiger partial charge in [0.2, 0.25) is 0 Å². The highest BCUT2D eigenvalue weighted by atomic mass is 15.2. The van der Waals surface area contributed by atoms with Gasteiger partial charge in [0.1, 0.15) is 0 Å². The molecule has 8 aromatic rings. The maximum Gasteiger partial charge on any atom is 0.162 e. The first kappa shape index (κ1) is 23.3. The van der Waals surface area contributed by atoms with E-state index in [1.54, 1.807) is 0 Å². The lowest BCUT2D eigenvalue weighted by Gasteiger charge is -2.25. The number of hydrogen-bond acceptors (Lipinski definition) is 2. The van der Waals surface area contributed by atoms with E-state index in [4.69, 9.17) is 4.98 Å². The Balaban J connectivity index is 1.50. The third kappa shape index (κ3) is 3.73. The summed E-state index contributed by atoms with van der Waals surface area (Å²) < 4.78 is 4.68. The van der Waals surface area contributed by atoms with Crippen molar-refractivity contribution in [1.29, 1.82) is 0 Å². The number of fused-ring (bicyclic) bond motifs is 4. The Morgan fingerprint density at radius 3 is 1.59 bits per heavy atom. The summed E-state index contributed by atoms with van der Waals surface area (Å²) in [4.78, 5) is 7.31. The van der Waals surface area contributed by atoms with E-state index < -0.39 is 0 Å².